The van der Waals surface area contributed by atoms with Crippen molar-refractivity contribution in [1.82, 2.24) is 5.32 Å². The molecule has 0 aliphatic carbocycles. The van der Waals surface area contributed by atoms with Gasteiger partial charge in [-0.2, -0.15) is 0 Å². The van der Waals surface area contributed by atoms with Gasteiger partial charge in [0.1, 0.15) is 0 Å². The first-order chi connectivity index (χ1) is 11.9. The highest BCUT2D eigenvalue weighted by atomic mass is 79.9. The van der Waals surface area contributed by atoms with Crippen molar-refractivity contribution in [2.75, 3.05) is 12.1 Å². The smallest absolute Gasteiger partial charge is 0.257 e. The second kappa shape index (κ2) is 7.41. The maximum absolute atomic E-state index is 12.3. The molecular formula is C18H17BrN2O3S. The predicted octanol–water partition coefficient (Wildman–Crippen LogP) is 4.43. The zero-order valence-electron chi connectivity index (χ0n) is 13.8. The highest BCUT2D eigenvalue weighted by Crippen LogP contribution is 2.32. The van der Waals surface area contributed by atoms with Crippen LogP contribution >= 0.6 is 28.1 Å². The number of anilines is 1. The molecule has 2 N–H and O–H groups in total. The minimum atomic E-state index is -0.314. The standard InChI is InChI=1S/C18H17BrN2O3S/c1-10(2)11-3-5-14(13(19)7-11)20-18(25)21-17(22)12-4-6-15-16(8-12)24-9-23-15/h3-8,10H,9H2,1-2H3,(H2,20,21,22,25). The maximum atomic E-state index is 12.3. The molecule has 0 unspecified atom stereocenters. The van der Waals surface area contributed by atoms with Crippen molar-refractivity contribution in [2.45, 2.75) is 19.8 Å². The van der Waals surface area contributed by atoms with E-state index in [1.165, 1.54) is 5.56 Å². The van der Waals surface area contributed by atoms with E-state index < -0.39 is 0 Å². The highest BCUT2D eigenvalue weighted by Gasteiger charge is 2.17. The summed E-state index contributed by atoms with van der Waals surface area (Å²) in [5.74, 6) is 1.30. The lowest BCUT2D eigenvalue weighted by molar-refractivity contribution is 0.0977. The Labute approximate surface area is 159 Å². The fourth-order valence-electron chi connectivity index (χ4n) is 2.36. The van der Waals surface area contributed by atoms with Gasteiger partial charge in [-0.15, -0.1) is 0 Å². The van der Waals surface area contributed by atoms with Gasteiger partial charge >= 0.3 is 0 Å². The van der Waals surface area contributed by atoms with Gasteiger partial charge in [-0.05, 0) is 70.0 Å². The lowest BCUT2D eigenvalue weighted by atomic mass is 10.0. The average molecular weight is 421 g/mol. The number of hydrogen-bond acceptors (Lipinski definition) is 4. The number of halogens is 1. The van der Waals surface area contributed by atoms with Crippen LogP contribution in [-0.2, 0) is 0 Å². The number of hydrogen-bond donors (Lipinski definition) is 2. The number of amides is 1. The summed E-state index contributed by atoms with van der Waals surface area (Å²) in [7, 11) is 0. The number of rotatable bonds is 3. The van der Waals surface area contributed by atoms with Crippen molar-refractivity contribution in [3.63, 3.8) is 0 Å². The van der Waals surface area contributed by atoms with E-state index >= 15 is 0 Å². The number of fused-ring (bicyclic) bond motifs is 1. The van der Waals surface area contributed by atoms with Crippen LogP contribution < -0.4 is 20.1 Å². The lowest BCUT2D eigenvalue weighted by Crippen LogP contribution is -2.34. The average Bonchev–Trinajstić information content (AvgIpc) is 3.04. The molecule has 7 heteroatoms. The van der Waals surface area contributed by atoms with Gasteiger partial charge in [0.2, 0.25) is 6.79 Å². The predicted molar refractivity (Wildman–Crippen MR) is 104 cm³/mol. The van der Waals surface area contributed by atoms with E-state index in [2.05, 4.69) is 40.4 Å². The molecule has 5 nitrogen and oxygen atoms in total. The summed E-state index contributed by atoms with van der Waals surface area (Å²) in [5.41, 5.74) is 2.45. The van der Waals surface area contributed by atoms with E-state index in [1.807, 2.05) is 18.2 Å². The first kappa shape index (κ1) is 17.7. The van der Waals surface area contributed by atoms with E-state index in [0.717, 1.165) is 10.2 Å². The van der Waals surface area contributed by atoms with Gasteiger partial charge in [-0.25, -0.2) is 0 Å². The summed E-state index contributed by atoms with van der Waals surface area (Å²) < 4.78 is 11.4. The molecule has 2 aromatic rings. The van der Waals surface area contributed by atoms with Crippen molar-refractivity contribution in [3.05, 3.63) is 52.0 Å². The molecule has 0 radical (unpaired) electrons. The Morgan fingerprint density at radius 2 is 1.92 bits per heavy atom. The molecule has 0 bridgehead atoms. The summed E-state index contributed by atoms with van der Waals surface area (Å²) in [4.78, 5) is 12.3. The molecule has 0 atom stereocenters. The lowest BCUT2D eigenvalue weighted by Gasteiger charge is -2.13. The SMILES string of the molecule is CC(C)c1ccc(NC(=S)NC(=O)c2ccc3c(c2)OCO3)c(Br)c1. The maximum Gasteiger partial charge on any atom is 0.257 e. The quantitative estimate of drug-likeness (QED) is 0.719. The number of benzene rings is 2. The second-order valence-corrected chi connectivity index (χ2v) is 7.13. The van der Waals surface area contributed by atoms with Gasteiger partial charge in [0.15, 0.2) is 16.6 Å². The third-order valence-corrected chi connectivity index (χ3v) is 4.63. The van der Waals surface area contributed by atoms with Crippen molar-refractivity contribution < 1.29 is 14.3 Å². The Balaban J connectivity index is 1.65. The zero-order valence-corrected chi connectivity index (χ0v) is 16.2. The first-order valence-electron chi connectivity index (χ1n) is 7.75. The molecule has 1 heterocycles. The summed E-state index contributed by atoms with van der Waals surface area (Å²) in [6, 6.07) is 11.0. The number of nitrogens with one attached hydrogen (secondary N) is 2. The summed E-state index contributed by atoms with van der Waals surface area (Å²) in [6.45, 7) is 4.43. The van der Waals surface area contributed by atoms with Gasteiger partial charge in [0.05, 0.1) is 5.69 Å². The molecule has 0 saturated heterocycles. The molecule has 0 fully saturated rings. The van der Waals surface area contributed by atoms with Gasteiger partial charge in [0, 0.05) is 10.0 Å². The van der Waals surface area contributed by atoms with Crippen LogP contribution in [0.2, 0.25) is 0 Å². The largest absolute Gasteiger partial charge is 0.454 e. The minimum absolute atomic E-state index is 0.167. The molecule has 0 saturated carbocycles. The van der Waals surface area contributed by atoms with Crippen LogP contribution in [0.3, 0.4) is 0 Å². The van der Waals surface area contributed by atoms with Crippen LogP contribution in [-0.4, -0.2) is 17.8 Å². The number of carbonyl (C=O) groups excluding carboxylic acids is 1. The Kier molecular flexibility index (Phi) is 5.24. The Morgan fingerprint density at radius 3 is 2.64 bits per heavy atom. The monoisotopic (exact) mass is 420 g/mol. The van der Waals surface area contributed by atoms with Gasteiger partial charge in [-0.1, -0.05) is 19.9 Å². The van der Waals surface area contributed by atoms with Crippen molar-refractivity contribution in [3.8, 4) is 11.5 Å². The number of ether oxygens (including phenoxy) is 2. The molecule has 25 heavy (non-hydrogen) atoms. The Hall–Kier alpha value is -2.12. The third-order valence-electron chi connectivity index (χ3n) is 3.77. The van der Waals surface area contributed by atoms with E-state index in [1.54, 1.807) is 18.2 Å². The normalized spacial score (nSPS) is 12.2. The summed E-state index contributed by atoms with van der Waals surface area (Å²) >= 11 is 8.76. The molecule has 1 aliphatic rings. The van der Waals surface area contributed by atoms with Gasteiger partial charge in [0.25, 0.3) is 5.91 Å². The molecule has 1 aliphatic heterocycles. The molecular weight excluding hydrogens is 404 g/mol. The molecule has 130 valence electrons. The van der Waals surface area contributed by atoms with E-state index in [4.69, 9.17) is 21.7 Å². The Bertz CT molecular complexity index is 839. The van der Waals surface area contributed by atoms with Crippen LogP contribution in [0.4, 0.5) is 5.69 Å². The molecule has 2 aromatic carbocycles. The highest BCUT2D eigenvalue weighted by molar-refractivity contribution is 9.10. The van der Waals surface area contributed by atoms with Gasteiger partial charge < -0.3 is 14.8 Å². The summed E-state index contributed by atoms with van der Waals surface area (Å²) in [6.07, 6.45) is 0. The van der Waals surface area contributed by atoms with Crippen molar-refractivity contribution in [1.29, 1.82) is 0 Å². The van der Waals surface area contributed by atoms with Crippen LogP contribution in [0.25, 0.3) is 0 Å². The molecule has 0 aromatic heterocycles. The van der Waals surface area contributed by atoms with E-state index in [9.17, 15) is 4.79 Å². The van der Waals surface area contributed by atoms with Crippen molar-refractivity contribution in [2.24, 2.45) is 0 Å². The number of carbonyl (C=O) groups is 1. The fourth-order valence-corrected chi connectivity index (χ4v) is 3.06. The molecule has 3 rings (SSSR count). The molecule has 1 amide bonds. The van der Waals surface area contributed by atoms with Gasteiger partial charge in [-0.3, -0.25) is 10.1 Å². The van der Waals surface area contributed by atoms with Crippen LogP contribution in [0, 0.1) is 0 Å². The second-order valence-electron chi connectivity index (χ2n) is 5.87. The fraction of sp³-hybridized carbons (Fsp3) is 0.222. The molecule has 0 spiro atoms. The van der Waals surface area contributed by atoms with E-state index in [0.29, 0.717) is 23.0 Å². The zero-order chi connectivity index (χ0) is 18.0. The van der Waals surface area contributed by atoms with Crippen molar-refractivity contribution >= 4 is 44.9 Å². The van der Waals surface area contributed by atoms with E-state index in [-0.39, 0.29) is 17.8 Å². The Morgan fingerprint density at radius 1 is 1.16 bits per heavy atom. The number of thiocarbonyl (C=S) groups is 1. The van der Waals surface area contributed by atoms with Crippen LogP contribution in [0.5, 0.6) is 11.5 Å². The first-order valence-corrected chi connectivity index (χ1v) is 8.95. The minimum Gasteiger partial charge on any atom is -0.454 e. The topological polar surface area (TPSA) is 59.6 Å². The summed E-state index contributed by atoms with van der Waals surface area (Å²) in [5, 5.41) is 5.91. The van der Waals surface area contributed by atoms with Crippen LogP contribution in [0.15, 0.2) is 40.9 Å². The van der Waals surface area contributed by atoms with Crippen LogP contribution in [0.1, 0.15) is 35.7 Å². The third kappa shape index (κ3) is 4.11.